The first kappa shape index (κ1) is 30.2. The van der Waals surface area contributed by atoms with Crippen LogP contribution in [0.25, 0.3) is 11.4 Å². The van der Waals surface area contributed by atoms with E-state index in [1.54, 1.807) is 7.05 Å². The van der Waals surface area contributed by atoms with Crippen LogP contribution < -0.4 is 10.6 Å². The zero-order chi connectivity index (χ0) is 30.6. The Kier molecular flexibility index (Phi) is 9.08. The summed E-state index contributed by atoms with van der Waals surface area (Å²) in [5.74, 6) is 0.517. The van der Waals surface area contributed by atoms with Gasteiger partial charge in [-0.25, -0.2) is 0 Å². The zero-order valence-corrected chi connectivity index (χ0v) is 23.6. The molecule has 1 aromatic heterocycles. The lowest BCUT2D eigenvalue weighted by Crippen LogP contribution is -2.44. The first-order chi connectivity index (χ1) is 20.5. The first-order valence-electron chi connectivity index (χ1n) is 14.2. The molecule has 43 heavy (non-hydrogen) atoms. The number of nitrogens with one attached hydrogen (secondary N) is 2. The number of tetrazole rings is 1. The van der Waals surface area contributed by atoms with Crippen LogP contribution in [-0.2, 0) is 22.8 Å². The lowest BCUT2D eigenvalue weighted by Gasteiger charge is -2.34. The highest BCUT2D eigenvalue weighted by Crippen LogP contribution is 2.38. The van der Waals surface area contributed by atoms with Crippen molar-refractivity contribution in [1.82, 2.24) is 25.1 Å². The van der Waals surface area contributed by atoms with Crippen LogP contribution in [-0.4, -0.2) is 73.8 Å². The van der Waals surface area contributed by atoms with Crippen molar-refractivity contribution < 1.29 is 27.6 Å². The summed E-state index contributed by atoms with van der Waals surface area (Å²) in [6.45, 7) is 1.26. The van der Waals surface area contributed by atoms with Gasteiger partial charge in [0.1, 0.15) is 12.2 Å². The maximum Gasteiger partial charge on any atom is 0.423 e. The standard InChI is InChI=1S/C28H33F3N8O4/c1-37-35-27(34-36-37)18-2-4-19(5-3-18)32-21-12-14-38(15-13-21)26(40)17-43-23-9-6-20(7-10-23)33-22-8-11-25(39(41)42)24(16-22)28(29,30)31/h2-5,8,11,16,20-21,23,32-33H,6-7,9-10,12-15,17H2,1H3/t20-,23-. The van der Waals surface area contributed by atoms with E-state index in [4.69, 9.17) is 4.74 Å². The number of aromatic nitrogens is 4. The molecule has 0 bridgehead atoms. The Balaban J connectivity index is 1.01. The Morgan fingerprint density at radius 3 is 2.23 bits per heavy atom. The zero-order valence-electron chi connectivity index (χ0n) is 23.6. The highest BCUT2D eigenvalue weighted by atomic mass is 19.4. The fourth-order valence-electron chi connectivity index (χ4n) is 5.53. The molecule has 1 aliphatic heterocycles. The molecule has 15 heteroatoms. The Morgan fingerprint density at radius 1 is 1.00 bits per heavy atom. The Morgan fingerprint density at radius 2 is 1.63 bits per heavy atom. The minimum Gasteiger partial charge on any atom is -0.382 e. The number of carbonyl (C=O) groups excluding carboxylic acids is 1. The molecule has 2 N–H and O–H groups in total. The Bertz CT molecular complexity index is 1420. The van der Waals surface area contributed by atoms with Crippen molar-refractivity contribution in [3.63, 3.8) is 0 Å². The maximum absolute atomic E-state index is 13.3. The highest BCUT2D eigenvalue weighted by molar-refractivity contribution is 5.77. The van der Waals surface area contributed by atoms with Crippen LogP contribution in [0.3, 0.4) is 0 Å². The fraction of sp³-hybridized carbons (Fsp3) is 0.500. The monoisotopic (exact) mass is 602 g/mol. The Hall–Kier alpha value is -4.27. The third kappa shape index (κ3) is 7.77. The van der Waals surface area contributed by atoms with Crippen molar-refractivity contribution in [3.8, 4) is 11.4 Å². The van der Waals surface area contributed by atoms with Crippen LogP contribution >= 0.6 is 0 Å². The largest absolute Gasteiger partial charge is 0.423 e. The van der Waals surface area contributed by atoms with Gasteiger partial charge in [-0.15, -0.1) is 10.2 Å². The summed E-state index contributed by atoms with van der Waals surface area (Å²) in [5, 5.41) is 29.6. The number of nitro benzene ring substituents is 1. The molecule has 1 aliphatic carbocycles. The molecule has 0 radical (unpaired) electrons. The average molecular weight is 603 g/mol. The average Bonchev–Trinajstić information content (AvgIpc) is 3.43. The summed E-state index contributed by atoms with van der Waals surface area (Å²) in [7, 11) is 1.72. The number of nitrogens with zero attached hydrogens (tertiary/aromatic N) is 6. The topological polar surface area (TPSA) is 140 Å². The van der Waals surface area contributed by atoms with Gasteiger partial charge >= 0.3 is 6.18 Å². The molecule has 3 aromatic rings. The number of hydrogen-bond donors (Lipinski definition) is 2. The summed E-state index contributed by atoms with van der Waals surface area (Å²) >= 11 is 0. The summed E-state index contributed by atoms with van der Waals surface area (Å²) < 4.78 is 45.8. The van der Waals surface area contributed by atoms with Crippen molar-refractivity contribution in [2.45, 2.75) is 62.9 Å². The summed E-state index contributed by atoms with van der Waals surface area (Å²) in [5.41, 5.74) is -0.188. The second-order valence-corrected chi connectivity index (χ2v) is 10.9. The van der Waals surface area contributed by atoms with E-state index in [0.717, 1.165) is 36.2 Å². The van der Waals surface area contributed by atoms with Crippen LogP contribution in [0.2, 0.25) is 0 Å². The minimum absolute atomic E-state index is 0.00394. The van der Waals surface area contributed by atoms with E-state index in [-0.39, 0.29) is 36.4 Å². The van der Waals surface area contributed by atoms with Crippen LogP contribution in [0.4, 0.5) is 30.2 Å². The number of hydrogen-bond acceptors (Lipinski definition) is 9. The van der Waals surface area contributed by atoms with Gasteiger partial charge in [0.05, 0.1) is 18.1 Å². The molecule has 5 rings (SSSR count). The van der Waals surface area contributed by atoms with Crippen molar-refractivity contribution >= 4 is 23.0 Å². The summed E-state index contributed by atoms with van der Waals surface area (Å²) in [4.78, 5) is 26.0. The molecule has 2 aliphatic rings. The molecule has 2 fully saturated rings. The fourth-order valence-corrected chi connectivity index (χ4v) is 5.53. The third-order valence-corrected chi connectivity index (χ3v) is 7.86. The van der Waals surface area contributed by atoms with Gasteiger partial charge in [0, 0.05) is 48.2 Å². The predicted octanol–water partition coefficient (Wildman–Crippen LogP) is 4.65. The number of amides is 1. The van der Waals surface area contributed by atoms with E-state index in [1.165, 1.54) is 10.9 Å². The van der Waals surface area contributed by atoms with Crippen LogP contribution in [0.15, 0.2) is 42.5 Å². The minimum atomic E-state index is -4.83. The van der Waals surface area contributed by atoms with Gasteiger partial charge in [0.2, 0.25) is 11.7 Å². The number of ether oxygens (including phenoxy) is 1. The predicted molar refractivity (Wildman–Crippen MR) is 151 cm³/mol. The molecular weight excluding hydrogens is 569 g/mol. The number of benzene rings is 2. The maximum atomic E-state index is 13.3. The van der Waals surface area contributed by atoms with E-state index in [1.807, 2.05) is 29.2 Å². The number of aryl methyl sites for hydroxylation is 1. The van der Waals surface area contributed by atoms with Crippen LogP contribution in [0.5, 0.6) is 0 Å². The molecule has 1 amide bonds. The number of piperidine rings is 1. The molecule has 2 aromatic carbocycles. The summed E-state index contributed by atoms with van der Waals surface area (Å²) in [6.07, 6.45) is -0.709. The van der Waals surface area contributed by atoms with Crippen molar-refractivity contribution in [3.05, 3.63) is 58.1 Å². The van der Waals surface area contributed by atoms with Gasteiger partial charge in [-0.05, 0) is 80.1 Å². The summed E-state index contributed by atoms with van der Waals surface area (Å²) in [6, 6.07) is 11.0. The molecule has 0 spiro atoms. The molecule has 12 nitrogen and oxygen atoms in total. The smallest absolute Gasteiger partial charge is 0.382 e. The number of likely N-dealkylation sites (tertiary alicyclic amines) is 1. The molecule has 0 atom stereocenters. The number of halogens is 3. The number of carbonyl (C=O) groups is 1. The quantitative estimate of drug-likeness (QED) is 0.265. The van der Waals surface area contributed by atoms with Crippen molar-refractivity contribution in [2.24, 2.45) is 7.05 Å². The van der Waals surface area contributed by atoms with E-state index in [2.05, 4.69) is 26.0 Å². The van der Waals surface area contributed by atoms with Gasteiger partial charge in [-0.2, -0.15) is 18.0 Å². The van der Waals surface area contributed by atoms with Crippen molar-refractivity contribution in [1.29, 1.82) is 0 Å². The van der Waals surface area contributed by atoms with Crippen LogP contribution in [0.1, 0.15) is 44.1 Å². The van der Waals surface area contributed by atoms with Gasteiger partial charge in [0.15, 0.2) is 0 Å². The van der Waals surface area contributed by atoms with Gasteiger partial charge in [0.25, 0.3) is 5.69 Å². The highest BCUT2D eigenvalue weighted by Gasteiger charge is 2.38. The molecular formula is C28H33F3N8O4. The third-order valence-electron chi connectivity index (χ3n) is 7.86. The number of rotatable bonds is 9. The van der Waals surface area contributed by atoms with Gasteiger partial charge in [-0.3, -0.25) is 14.9 Å². The molecule has 1 saturated heterocycles. The number of alkyl halides is 3. The second-order valence-electron chi connectivity index (χ2n) is 10.9. The Labute approximate surface area is 245 Å². The normalized spacial score (nSPS) is 19.7. The number of nitro groups is 1. The molecule has 1 saturated carbocycles. The second kappa shape index (κ2) is 12.9. The first-order valence-corrected chi connectivity index (χ1v) is 14.2. The number of anilines is 2. The SMILES string of the molecule is Cn1nnc(-c2ccc(NC3CCN(C(=O)CO[C@H]4CC[C@H](Nc5ccc([N+](=O)[O-])c(C(F)(F)F)c5)CC4)CC3)cc2)n1. The lowest BCUT2D eigenvalue weighted by atomic mass is 9.92. The lowest BCUT2D eigenvalue weighted by molar-refractivity contribution is -0.388. The van der Waals surface area contributed by atoms with E-state index in [9.17, 15) is 28.1 Å². The van der Waals surface area contributed by atoms with Gasteiger partial charge < -0.3 is 20.3 Å². The van der Waals surface area contributed by atoms with Crippen molar-refractivity contribution in [2.75, 3.05) is 30.3 Å². The van der Waals surface area contributed by atoms with E-state index in [0.29, 0.717) is 44.6 Å². The van der Waals surface area contributed by atoms with Crippen LogP contribution in [0, 0.1) is 10.1 Å². The van der Waals surface area contributed by atoms with E-state index >= 15 is 0 Å². The van der Waals surface area contributed by atoms with Gasteiger partial charge in [-0.1, -0.05) is 0 Å². The molecule has 230 valence electrons. The van der Waals surface area contributed by atoms with E-state index < -0.39 is 22.4 Å². The molecule has 0 unspecified atom stereocenters. The molecule has 2 heterocycles.